The zero-order chi connectivity index (χ0) is 24.2. The van der Waals surface area contributed by atoms with Crippen molar-refractivity contribution in [3.8, 4) is 5.75 Å². The molecule has 0 aliphatic rings. The lowest BCUT2D eigenvalue weighted by molar-refractivity contribution is -1.03. The van der Waals surface area contributed by atoms with Gasteiger partial charge in [-0.3, -0.25) is 0 Å². The van der Waals surface area contributed by atoms with Gasteiger partial charge in [0.05, 0.1) is 4.90 Å². The van der Waals surface area contributed by atoms with Crippen LogP contribution in [-0.4, -0.2) is 16.8 Å². The molecule has 175 valence electrons. The third kappa shape index (κ3) is 5.84. The number of aryl methyl sites for hydroxylation is 1. The maximum Gasteiger partial charge on any atom is 0.339 e. The Balaban J connectivity index is 1.57. The van der Waals surface area contributed by atoms with E-state index in [-0.39, 0.29) is 15.5 Å². The highest BCUT2D eigenvalue weighted by atomic mass is 127. The molecule has 1 radical (unpaired) electrons. The van der Waals surface area contributed by atoms with Crippen molar-refractivity contribution in [1.29, 1.82) is 0 Å². The Kier molecular flexibility index (Phi) is 7.36. The van der Waals surface area contributed by atoms with Crippen molar-refractivity contribution in [2.75, 3.05) is 0 Å². The van der Waals surface area contributed by atoms with E-state index in [1.807, 2.05) is 67.6 Å². The van der Waals surface area contributed by atoms with Crippen LogP contribution in [0.25, 0.3) is 0 Å². The van der Waals surface area contributed by atoms with Gasteiger partial charge in [0.15, 0.2) is 7.14 Å². The smallest absolute Gasteiger partial charge is 0.339 e. The highest BCUT2D eigenvalue weighted by Crippen LogP contribution is 2.21. The third-order valence-corrected chi connectivity index (χ3v) is 13.2. The van der Waals surface area contributed by atoms with Gasteiger partial charge in [-0.15, -0.1) is 0 Å². The second kappa shape index (κ2) is 10.3. The first-order valence-corrected chi connectivity index (χ1v) is 16.0. The van der Waals surface area contributed by atoms with Crippen molar-refractivity contribution < 1.29 is 43.8 Å². The van der Waals surface area contributed by atoms with Gasteiger partial charge >= 0.3 is 40.5 Å². The average Bonchev–Trinajstić information content (AvgIpc) is 2.84. The van der Waals surface area contributed by atoms with E-state index in [1.54, 1.807) is 12.1 Å². The van der Waals surface area contributed by atoms with Crippen molar-refractivity contribution in [1.82, 2.24) is 0 Å². The first kappa shape index (κ1) is 24.4. The first-order chi connectivity index (χ1) is 16.2. The van der Waals surface area contributed by atoms with Crippen LogP contribution >= 0.6 is 0 Å². The fraction of sp³-hybridized carbons (Fsp3) is 0.0400. The highest BCUT2D eigenvalue weighted by molar-refractivity contribution is 7.87. The van der Waals surface area contributed by atoms with Gasteiger partial charge in [-0.1, -0.05) is 54.1 Å². The SMILES string of the molecule is Cc1ccc(S(=O)(=O)Oc2ccc(S(=O)(=O)O[I+](c3ccccc3)c3ccccc3)cc2)cc1. The Bertz CT molecular complexity index is 1410. The normalized spacial score (nSPS) is 11.9. The van der Waals surface area contributed by atoms with Crippen molar-refractivity contribution in [2.24, 2.45) is 0 Å². The van der Waals surface area contributed by atoms with E-state index in [1.165, 1.54) is 36.4 Å². The minimum Gasteiger partial charge on any atom is -0.379 e. The summed E-state index contributed by atoms with van der Waals surface area (Å²) in [7, 11) is -8.15. The van der Waals surface area contributed by atoms with Gasteiger partial charge in [-0.2, -0.15) is 16.8 Å². The van der Waals surface area contributed by atoms with Crippen LogP contribution in [0.5, 0.6) is 5.75 Å². The number of benzene rings is 4. The molecule has 0 aromatic heterocycles. The van der Waals surface area contributed by atoms with E-state index in [2.05, 4.69) is 0 Å². The van der Waals surface area contributed by atoms with Gasteiger partial charge in [0.1, 0.15) is 10.6 Å². The Labute approximate surface area is 207 Å². The average molecular weight is 608 g/mol. The monoisotopic (exact) mass is 608 g/mol. The van der Waals surface area contributed by atoms with E-state index in [0.29, 0.717) is 0 Å². The van der Waals surface area contributed by atoms with Crippen molar-refractivity contribution in [3.05, 3.63) is 122 Å². The van der Waals surface area contributed by atoms with Crippen LogP contribution < -0.4 is 24.4 Å². The molecule has 0 amide bonds. The minimum absolute atomic E-state index is 0.000931. The fourth-order valence-corrected chi connectivity index (χ4v) is 10.8. The summed E-state index contributed by atoms with van der Waals surface area (Å²) in [6.45, 7) is 1.85. The largest absolute Gasteiger partial charge is 0.379 e. The molecule has 0 fully saturated rings. The molecule has 0 aliphatic heterocycles. The summed E-state index contributed by atoms with van der Waals surface area (Å²) in [6.07, 6.45) is 0. The maximum atomic E-state index is 13.1. The Morgan fingerprint density at radius 1 is 0.559 bits per heavy atom. The van der Waals surface area contributed by atoms with Crippen LogP contribution in [0, 0.1) is 14.1 Å². The van der Waals surface area contributed by atoms with Crippen LogP contribution in [0.3, 0.4) is 0 Å². The molecule has 0 heterocycles. The summed E-state index contributed by atoms with van der Waals surface area (Å²) < 4.78 is 63.8. The number of hydrogen-bond acceptors (Lipinski definition) is 6. The van der Waals surface area contributed by atoms with E-state index < -0.39 is 40.5 Å². The van der Waals surface area contributed by atoms with Gasteiger partial charge < -0.3 is 4.18 Å². The maximum absolute atomic E-state index is 13.1. The van der Waals surface area contributed by atoms with Crippen LogP contribution in [0.1, 0.15) is 5.56 Å². The summed E-state index contributed by atoms with van der Waals surface area (Å²) in [5.74, 6) is 0.000931. The van der Waals surface area contributed by atoms with Gasteiger partial charge in [0, 0.05) is 0 Å². The molecule has 0 N–H and O–H groups in total. The molecule has 0 spiro atoms. The molecule has 4 aromatic rings. The van der Waals surface area contributed by atoms with Gasteiger partial charge in [-0.05, 0) is 70.1 Å². The number of rotatable bonds is 8. The Hall–Kier alpha value is -2.73. The quantitative estimate of drug-likeness (QED) is 0.224. The molecule has 4 aromatic carbocycles. The van der Waals surface area contributed by atoms with E-state index in [9.17, 15) is 16.8 Å². The molecule has 0 saturated carbocycles. The van der Waals surface area contributed by atoms with Gasteiger partial charge in [0.25, 0.3) is 0 Å². The first-order valence-electron chi connectivity index (χ1n) is 10.1. The summed E-state index contributed by atoms with van der Waals surface area (Å²) in [4.78, 5) is -0.0693. The third-order valence-electron chi connectivity index (χ3n) is 4.64. The molecule has 0 unspecified atom stereocenters. The summed E-state index contributed by atoms with van der Waals surface area (Å²) in [5, 5.41) is 0. The Morgan fingerprint density at radius 3 is 1.50 bits per heavy atom. The van der Waals surface area contributed by atoms with E-state index in [0.717, 1.165) is 12.7 Å². The number of halogens is 1. The lowest BCUT2D eigenvalue weighted by atomic mass is 10.2. The topological polar surface area (TPSA) is 86.7 Å². The zero-order valence-corrected chi connectivity index (χ0v) is 21.8. The number of hydrogen-bond donors (Lipinski definition) is 0. The molecule has 34 heavy (non-hydrogen) atoms. The second-order valence-corrected chi connectivity index (χ2v) is 15.2. The molecule has 0 saturated heterocycles. The van der Waals surface area contributed by atoms with Gasteiger partial charge in [0.2, 0.25) is 0 Å². The zero-order valence-electron chi connectivity index (χ0n) is 18.0. The summed E-state index contributed by atoms with van der Waals surface area (Å²) in [6, 6.07) is 30.0. The fourth-order valence-electron chi connectivity index (χ4n) is 2.92. The van der Waals surface area contributed by atoms with Crippen molar-refractivity contribution in [3.63, 3.8) is 0 Å². The standard InChI is InChI=1S/C25H21IO6S2/c1-20-12-16-24(17-13-20)33(27,28)31-23-14-18-25(19-15-23)34(29,30)32-26(21-8-4-2-5-9-21)22-10-6-3-7-11-22/h2-19H,1H3/q+1. The van der Waals surface area contributed by atoms with Crippen LogP contribution in [0.4, 0.5) is 0 Å². The predicted molar refractivity (Wildman–Crippen MR) is 124 cm³/mol. The van der Waals surface area contributed by atoms with Crippen LogP contribution in [0.2, 0.25) is 0 Å². The molecular formula is C25H21IO6S2+. The lowest BCUT2D eigenvalue weighted by Gasteiger charge is -2.09. The molecule has 4 rings (SSSR count). The molecule has 0 bridgehead atoms. The molecule has 0 atom stereocenters. The predicted octanol–water partition coefficient (Wildman–Crippen LogP) is 1.75. The van der Waals surface area contributed by atoms with Gasteiger partial charge in [-0.25, -0.2) is 0 Å². The van der Waals surface area contributed by atoms with Crippen LogP contribution in [0.15, 0.2) is 119 Å². The minimum atomic E-state index is -4.11. The Morgan fingerprint density at radius 2 is 1.00 bits per heavy atom. The van der Waals surface area contributed by atoms with Crippen molar-refractivity contribution in [2.45, 2.75) is 16.7 Å². The van der Waals surface area contributed by atoms with Crippen molar-refractivity contribution >= 4 is 20.2 Å². The van der Waals surface area contributed by atoms with E-state index >= 15 is 0 Å². The van der Waals surface area contributed by atoms with E-state index in [4.69, 9.17) is 6.70 Å². The van der Waals surface area contributed by atoms with Crippen LogP contribution in [-0.2, 0) is 22.7 Å². The summed E-state index contributed by atoms with van der Waals surface area (Å²) >= 11 is -2.77. The molecule has 6 nitrogen and oxygen atoms in total. The molecule has 9 heteroatoms. The highest BCUT2D eigenvalue weighted by Gasteiger charge is 2.37. The second-order valence-electron chi connectivity index (χ2n) is 7.18. The summed E-state index contributed by atoms with van der Waals surface area (Å²) in [5.41, 5.74) is 0.918. The lowest BCUT2D eigenvalue weighted by Crippen LogP contribution is -3.85. The molecule has 0 aliphatic carbocycles. The molecular weight excluding hydrogens is 587 g/mol.